The van der Waals surface area contributed by atoms with E-state index in [2.05, 4.69) is 35.3 Å². The molecule has 2 aromatic heterocycles. The van der Waals surface area contributed by atoms with Crippen molar-refractivity contribution in [3.8, 4) is 0 Å². The number of hydrogen-bond donors (Lipinski definition) is 0. The van der Waals surface area contributed by atoms with E-state index in [9.17, 15) is 0 Å². The van der Waals surface area contributed by atoms with E-state index >= 15 is 0 Å². The average Bonchev–Trinajstić information content (AvgIpc) is 2.47. The predicted molar refractivity (Wildman–Crippen MR) is 53.9 cm³/mol. The van der Waals surface area contributed by atoms with E-state index in [0.717, 1.165) is 15.9 Å². The first kappa shape index (κ1) is 8.56. The first-order valence-corrected chi connectivity index (χ1v) is 4.93. The Morgan fingerprint density at radius 2 is 2.08 bits per heavy atom. The molecule has 0 amide bonds. The summed E-state index contributed by atoms with van der Waals surface area (Å²) in [6, 6.07) is 2.01. The van der Waals surface area contributed by atoms with Crippen LogP contribution in [0.4, 0.5) is 0 Å². The van der Waals surface area contributed by atoms with Crippen molar-refractivity contribution in [3.63, 3.8) is 0 Å². The highest BCUT2D eigenvalue weighted by Crippen LogP contribution is 2.23. The molecule has 0 radical (unpaired) electrons. The molecule has 0 atom stereocenters. The van der Waals surface area contributed by atoms with Gasteiger partial charge >= 0.3 is 0 Å². The second-order valence-electron chi connectivity index (χ2n) is 4.06. The molecule has 2 heterocycles. The van der Waals surface area contributed by atoms with E-state index in [1.165, 1.54) is 11.5 Å². The Hall–Kier alpha value is -1.03. The number of nitrogens with zero attached hydrogens (tertiary/aromatic N) is 3. The van der Waals surface area contributed by atoms with Crippen LogP contribution >= 0.6 is 11.5 Å². The Morgan fingerprint density at radius 1 is 1.31 bits per heavy atom. The lowest BCUT2D eigenvalue weighted by molar-refractivity contribution is 0.570. The SMILES string of the molecule is CC(C)(C)c1cc2nnsc2cn1. The molecular weight excluding hydrogens is 182 g/mol. The van der Waals surface area contributed by atoms with Gasteiger partial charge in [0, 0.05) is 17.3 Å². The van der Waals surface area contributed by atoms with Crippen LogP contribution in [0.5, 0.6) is 0 Å². The van der Waals surface area contributed by atoms with Gasteiger partial charge in [0.05, 0.1) is 4.70 Å². The van der Waals surface area contributed by atoms with Crippen LogP contribution in [0.15, 0.2) is 12.3 Å². The summed E-state index contributed by atoms with van der Waals surface area (Å²) in [4.78, 5) is 4.38. The summed E-state index contributed by atoms with van der Waals surface area (Å²) in [7, 11) is 0. The smallest absolute Gasteiger partial charge is 0.109 e. The Labute approximate surface area is 81.0 Å². The Kier molecular flexibility index (Phi) is 1.80. The maximum atomic E-state index is 4.38. The van der Waals surface area contributed by atoms with Crippen molar-refractivity contribution in [1.29, 1.82) is 0 Å². The van der Waals surface area contributed by atoms with Gasteiger partial charge in [-0.1, -0.05) is 25.3 Å². The summed E-state index contributed by atoms with van der Waals surface area (Å²) < 4.78 is 4.93. The topological polar surface area (TPSA) is 38.7 Å². The molecule has 0 unspecified atom stereocenters. The van der Waals surface area contributed by atoms with Crippen LogP contribution in [0, 0.1) is 0 Å². The van der Waals surface area contributed by atoms with Gasteiger partial charge in [-0.05, 0) is 17.6 Å². The first-order chi connectivity index (χ1) is 6.07. The van der Waals surface area contributed by atoms with Crippen LogP contribution in [0.3, 0.4) is 0 Å². The van der Waals surface area contributed by atoms with Gasteiger partial charge in [-0.2, -0.15) is 0 Å². The number of hydrogen-bond acceptors (Lipinski definition) is 4. The minimum atomic E-state index is 0.0812. The quantitative estimate of drug-likeness (QED) is 0.644. The van der Waals surface area contributed by atoms with E-state index in [-0.39, 0.29) is 5.41 Å². The molecule has 0 bridgehead atoms. The second-order valence-corrected chi connectivity index (χ2v) is 4.85. The zero-order valence-corrected chi connectivity index (χ0v) is 8.72. The van der Waals surface area contributed by atoms with Crippen molar-refractivity contribution in [2.75, 3.05) is 0 Å². The zero-order valence-electron chi connectivity index (χ0n) is 7.90. The van der Waals surface area contributed by atoms with E-state index < -0.39 is 0 Å². The largest absolute Gasteiger partial charge is 0.259 e. The van der Waals surface area contributed by atoms with Crippen molar-refractivity contribution in [3.05, 3.63) is 18.0 Å². The highest BCUT2D eigenvalue weighted by Gasteiger charge is 2.16. The lowest BCUT2D eigenvalue weighted by atomic mass is 9.92. The molecule has 68 valence electrons. The van der Waals surface area contributed by atoms with Crippen LogP contribution in [-0.2, 0) is 5.41 Å². The lowest BCUT2D eigenvalue weighted by Crippen LogP contribution is -2.12. The monoisotopic (exact) mass is 193 g/mol. The van der Waals surface area contributed by atoms with Crippen molar-refractivity contribution in [2.24, 2.45) is 0 Å². The van der Waals surface area contributed by atoms with Crippen molar-refractivity contribution >= 4 is 21.7 Å². The van der Waals surface area contributed by atoms with Gasteiger partial charge in [-0.25, -0.2) is 0 Å². The molecule has 13 heavy (non-hydrogen) atoms. The number of pyridine rings is 1. The molecule has 0 aliphatic heterocycles. The molecule has 0 fully saturated rings. The van der Waals surface area contributed by atoms with Crippen molar-refractivity contribution in [1.82, 2.24) is 14.6 Å². The first-order valence-electron chi connectivity index (χ1n) is 4.16. The van der Waals surface area contributed by atoms with Gasteiger partial charge in [0.25, 0.3) is 0 Å². The number of fused-ring (bicyclic) bond motifs is 1. The molecule has 2 aromatic rings. The van der Waals surface area contributed by atoms with E-state index in [1.54, 1.807) is 0 Å². The van der Waals surface area contributed by atoms with Gasteiger partial charge in [0.15, 0.2) is 0 Å². The highest BCUT2D eigenvalue weighted by atomic mass is 32.1. The standard InChI is InChI=1S/C9H11N3S/c1-9(2,3)8-4-6-7(5-10-8)13-12-11-6/h4-5H,1-3H3. The molecule has 2 rings (SSSR count). The van der Waals surface area contributed by atoms with Crippen LogP contribution < -0.4 is 0 Å². The van der Waals surface area contributed by atoms with Crippen LogP contribution in [0.2, 0.25) is 0 Å². The fourth-order valence-corrected chi connectivity index (χ4v) is 1.61. The Bertz CT molecular complexity index is 428. The van der Waals surface area contributed by atoms with Gasteiger partial charge in [-0.3, -0.25) is 4.98 Å². The van der Waals surface area contributed by atoms with Crippen molar-refractivity contribution < 1.29 is 0 Å². The van der Waals surface area contributed by atoms with E-state index in [0.29, 0.717) is 0 Å². The summed E-state index contributed by atoms with van der Waals surface area (Å²) in [6.45, 7) is 6.42. The molecule has 0 saturated heterocycles. The number of rotatable bonds is 0. The minimum Gasteiger partial charge on any atom is -0.259 e. The fraction of sp³-hybridized carbons (Fsp3) is 0.444. The second kappa shape index (κ2) is 2.73. The maximum absolute atomic E-state index is 4.38. The van der Waals surface area contributed by atoms with Gasteiger partial charge in [0.2, 0.25) is 0 Å². The summed E-state index contributed by atoms with van der Waals surface area (Å²) >= 11 is 1.38. The molecule has 0 N–H and O–H groups in total. The summed E-state index contributed by atoms with van der Waals surface area (Å²) in [5.41, 5.74) is 2.09. The lowest BCUT2D eigenvalue weighted by Gasteiger charge is -2.16. The Balaban J connectivity index is 2.61. The third kappa shape index (κ3) is 1.54. The highest BCUT2D eigenvalue weighted by molar-refractivity contribution is 7.12. The predicted octanol–water partition coefficient (Wildman–Crippen LogP) is 2.38. The maximum Gasteiger partial charge on any atom is 0.109 e. The summed E-state index contributed by atoms with van der Waals surface area (Å²) in [6.07, 6.45) is 1.85. The Morgan fingerprint density at radius 3 is 2.77 bits per heavy atom. The number of aromatic nitrogens is 3. The molecule has 0 aliphatic rings. The fourth-order valence-electron chi connectivity index (χ4n) is 1.10. The zero-order chi connectivity index (χ0) is 9.47. The molecule has 0 saturated carbocycles. The van der Waals surface area contributed by atoms with E-state index in [1.807, 2.05) is 12.3 Å². The molecule has 0 spiro atoms. The van der Waals surface area contributed by atoms with Crippen LogP contribution in [0.1, 0.15) is 26.5 Å². The van der Waals surface area contributed by atoms with Gasteiger partial charge in [-0.15, -0.1) is 5.10 Å². The normalized spacial score (nSPS) is 12.2. The van der Waals surface area contributed by atoms with Crippen LogP contribution in [-0.4, -0.2) is 14.6 Å². The molecular formula is C9H11N3S. The minimum absolute atomic E-state index is 0.0812. The molecule has 0 aromatic carbocycles. The third-order valence-electron chi connectivity index (χ3n) is 1.90. The average molecular weight is 193 g/mol. The van der Waals surface area contributed by atoms with Crippen molar-refractivity contribution in [2.45, 2.75) is 26.2 Å². The molecule has 4 heteroatoms. The summed E-state index contributed by atoms with van der Waals surface area (Å²) in [5.74, 6) is 0. The van der Waals surface area contributed by atoms with Gasteiger partial charge < -0.3 is 0 Å². The molecule has 3 nitrogen and oxygen atoms in total. The van der Waals surface area contributed by atoms with E-state index in [4.69, 9.17) is 0 Å². The summed E-state index contributed by atoms with van der Waals surface area (Å²) in [5, 5.41) is 4.02. The third-order valence-corrected chi connectivity index (χ3v) is 2.58. The molecule has 0 aliphatic carbocycles. The van der Waals surface area contributed by atoms with Gasteiger partial charge in [0.1, 0.15) is 5.52 Å². The van der Waals surface area contributed by atoms with Crippen LogP contribution in [0.25, 0.3) is 10.2 Å².